The lowest BCUT2D eigenvalue weighted by molar-refractivity contribution is -0.135. The summed E-state index contributed by atoms with van der Waals surface area (Å²) < 4.78 is 14.0. The van der Waals surface area contributed by atoms with Crippen molar-refractivity contribution in [2.45, 2.75) is 32.4 Å². The number of benzene rings is 1. The molecule has 1 saturated heterocycles. The van der Waals surface area contributed by atoms with Crippen molar-refractivity contribution in [1.82, 2.24) is 19.2 Å². The molecule has 0 bridgehead atoms. The summed E-state index contributed by atoms with van der Waals surface area (Å²) in [4.78, 5) is 21.4. The van der Waals surface area contributed by atoms with Crippen LogP contribution in [0.1, 0.15) is 25.1 Å². The number of imidazole rings is 1. The number of aromatic nitrogens is 2. The molecule has 2 aliphatic rings. The van der Waals surface area contributed by atoms with Crippen LogP contribution in [-0.4, -0.2) is 63.5 Å². The van der Waals surface area contributed by atoms with Crippen LogP contribution >= 0.6 is 0 Å². The van der Waals surface area contributed by atoms with Crippen molar-refractivity contribution < 1.29 is 14.3 Å². The van der Waals surface area contributed by atoms with Gasteiger partial charge in [0.15, 0.2) is 18.1 Å². The maximum Gasteiger partial charge on any atom is 0.260 e. The second-order valence-corrected chi connectivity index (χ2v) is 8.91. The molecule has 31 heavy (non-hydrogen) atoms. The summed E-state index contributed by atoms with van der Waals surface area (Å²) >= 11 is 0. The Hall–Kier alpha value is -3.06. The van der Waals surface area contributed by atoms with Gasteiger partial charge in [-0.1, -0.05) is 18.2 Å². The van der Waals surface area contributed by atoms with Crippen LogP contribution in [0.4, 0.5) is 0 Å². The number of hydrogen-bond acceptors (Lipinski definition) is 5. The van der Waals surface area contributed by atoms with Crippen LogP contribution in [0.2, 0.25) is 0 Å². The van der Waals surface area contributed by atoms with Gasteiger partial charge in [0.2, 0.25) is 0 Å². The van der Waals surface area contributed by atoms with Crippen molar-refractivity contribution in [3.8, 4) is 11.5 Å². The van der Waals surface area contributed by atoms with E-state index in [4.69, 9.17) is 9.47 Å². The van der Waals surface area contributed by atoms with E-state index in [1.54, 1.807) is 0 Å². The van der Waals surface area contributed by atoms with Gasteiger partial charge >= 0.3 is 0 Å². The average Bonchev–Trinajstić information content (AvgIpc) is 3.32. The second-order valence-electron chi connectivity index (χ2n) is 8.91. The van der Waals surface area contributed by atoms with Crippen LogP contribution < -0.4 is 9.47 Å². The zero-order valence-corrected chi connectivity index (χ0v) is 18.1. The first kappa shape index (κ1) is 19.9. The lowest BCUT2D eigenvalue weighted by Crippen LogP contribution is -2.49. The van der Waals surface area contributed by atoms with E-state index in [0.29, 0.717) is 18.8 Å². The van der Waals surface area contributed by atoms with E-state index in [0.717, 1.165) is 43.0 Å². The molecule has 0 unspecified atom stereocenters. The van der Waals surface area contributed by atoms with Crippen molar-refractivity contribution >= 4 is 11.6 Å². The first-order valence-electron chi connectivity index (χ1n) is 10.8. The zero-order valence-electron chi connectivity index (χ0n) is 18.1. The van der Waals surface area contributed by atoms with E-state index in [2.05, 4.69) is 34.2 Å². The monoisotopic (exact) mass is 420 g/mol. The molecule has 0 saturated carbocycles. The van der Waals surface area contributed by atoms with Gasteiger partial charge in [0.25, 0.3) is 5.91 Å². The van der Waals surface area contributed by atoms with Crippen molar-refractivity contribution in [2.24, 2.45) is 0 Å². The molecular formula is C24H28N4O3. The minimum atomic E-state index is -0.233. The minimum Gasteiger partial charge on any atom is -0.483 e. The largest absolute Gasteiger partial charge is 0.483 e. The molecule has 2 aromatic heterocycles. The number of pyridine rings is 1. The number of carbonyl (C=O) groups is 1. The topological polar surface area (TPSA) is 59.3 Å². The van der Waals surface area contributed by atoms with E-state index in [-0.39, 0.29) is 18.1 Å². The highest BCUT2D eigenvalue weighted by molar-refractivity contribution is 5.78. The molecule has 0 aliphatic carbocycles. The normalized spacial score (nSPS) is 18.1. The summed E-state index contributed by atoms with van der Waals surface area (Å²) in [6.45, 7) is 8.07. The SMILES string of the molecule is CC1(C)Cc2cccc(OCC(=O)N3CCN(Cc4cnc5ccccn45)CC3)c2O1. The van der Waals surface area contributed by atoms with Gasteiger partial charge in [-0.15, -0.1) is 0 Å². The van der Waals surface area contributed by atoms with Crippen LogP contribution in [0, 0.1) is 0 Å². The van der Waals surface area contributed by atoms with E-state index < -0.39 is 0 Å². The Balaban J connectivity index is 1.14. The predicted molar refractivity (Wildman–Crippen MR) is 117 cm³/mol. The Bertz CT molecular complexity index is 1100. The quantitative estimate of drug-likeness (QED) is 0.635. The Morgan fingerprint density at radius 2 is 1.97 bits per heavy atom. The van der Waals surface area contributed by atoms with Gasteiger partial charge in [-0.25, -0.2) is 4.98 Å². The number of fused-ring (bicyclic) bond motifs is 2. The summed E-state index contributed by atoms with van der Waals surface area (Å²) in [6.07, 6.45) is 4.82. The number of para-hydroxylation sites is 1. The smallest absolute Gasteiger partial charge is 0.260 e. The van der Waals surface area contributed by atoms with E-state index >= 15 is 0 Å². The Morgan fingerprint density at radius 1 is 1.13 bits per heavy atom. The first-order valence-corrected chi connectivity index (χ1v) is 10.8. The Kier molecular flexibility index (Phi) is 5.06. The van der Waals surface area contributed by atoms with Gasteiger partial charge in [-0.05, 0) is 32.0 Å². The number of carbonyl (C=O) groups excluding carboxylic acids is 1. The third kappa shape index (κ3) is 4.10. The number of ether oxygens (including phenoxy) is 2. The fourth-order valence-corrected chi connectivity index (χ4v) is 4.42. The van der Waals surface area contributed by atoms with Crippen LogP contribution in [0.5, 0.6) is 11.5 Å². The lowest BCUT2D eigenvalue weighted by Gasteiger charge is -2.34. The molecule has 1 fully saturated rings. The number of hydrogen-bond donors (Lipinski definition) is 0. The third-order valence-electron chi connectivity index (χ3n) is 6.01. The highest BCUT2D eigenvalue weighted by Gasteiger charge is 2.32. The van der Waals surface area contributed by atoms with E-state index in [1.807, 2.05) is 47.6 Å². The molecule has 4 heterocycles. The molecule has 1 aromatic carbocycles. The zero-order chi connectivity index (χ0) is 21.4. The number of amides is 1. The lowest BCUT2D eigenvalue weighted by atomic mass is 10.0. The van der Waals surface area contributed by atoms with Gasteiger partial charge in [0, 0.05) is 50.9 Å². The molecule has 3 aromatic rings. The first-order chi connectivity index (χ1) is 15.0. The summed E-state index contributed by atoms with van der Waals surface area (Å²) in [5.74, 6) is 1.45. The van der Waals surface area contributed by atoms with Gasteiger partial charge in [-0.3, -0.25) is 9.69 Å². The summed E-state index contributed by atoms with van der Waals surface area (Å²) in [5.41, 5.74) is 3.03. The summed E-state index contributed by atoms with van der Waals surface area (Å²) in [5, 5.41) is 0. The number of piperazine rings is 1. The number of nitrogens with zero attached hydrogens (tertiary/aromatic N) is 4. The maximum absolute atomic E-state index is 12.7. The number of rotatable bonds is 5. The maximum atomic E-state index is 12.7. The molecule has 7 nitrogen and oxygen atoms in total. The van der Waals surface area contributed by atoms with Crippen molar-refractivity contribution in [3.05, 3.63) is 60.0 Å². The minimum absolute atomic E-state index is 0.0179. The highest BCUT2D eigenvalue weighted by Crippen LogP contribution is 2.41. The van der Waals surface area contributed by atoms with Gasteiger partial charge in [0.05, 0.1) is 11.9 Å². The predicted octanol–water partition coefficient (Wildman–Crippen LogP) is 2.77. The molecule has 1 amide bonds. The Labute approximate surface area is 182 Å². The Morgan fingerprint density at radius 3 is 2.81 bits per heavy atom. The van der Waals surface area contributed by atoms with Crippen molar-refractivity contribution in [2.75, 3.05) is 32.8 Å². The molecule has 0 N–H and O–H groups in total. The second kappa shape index (κ2) is 7.89. The molecule has 2 aliphatic heterocycles. The van der Waals surface area contributed by atoms with Crippen LogP contribution in [0.25, 0.3) is 5.65 Å². The fourth-order valence-electron chi connectivity index (χ4n) is 4.42. The molecular weight excluding hydrogens is 392 g/mol. The van der Waals surface area contributed by atoms with Crippen LogP contribution in [-0.2, 0) is 17.8 Å². The molecule has 0 spiro atoms. The summed E-state index contributed by atoms with van der Waals surface area (Å²) in [7, 11) is 0. The highest BCUT2D eigenvalue weighted by atomic mass is 16.5. The molecule has 7 heteroatoms. The van der Waals surface area contributed by atoms with Crippen LogP contribution in [0.15, 0.2) is 48.8 Å². The molecule has 0 atom stereocenters. The van der Waals surface area contributed by atoms with Gasteiger partial charge in [0.1, 0.15) is 11.2 Å². The third-order valence-corrected chi connectivity index (χ3v) is 6.01. The van der Waals surface area contributed by atoms with Crippen LogP contribution in [0.3, 0.4) is 0 Å². The molecule has 162 valence electrons. The summed E-state index contributed by atoms with van der Waals surface area (Å²) in [6, 6.07) is 11.9. The standard InChI is InChI=1S/C24H28N4O3/c1-24(2)14-18-6-5-7-20(23(18)31-24)30-17-22(29)27-12-10-26(11-13-27)16-19-15-25-21-8-3-4-9-28(19)21/h3-9,15H,10-14,16-17H2,1-2H3. The van der Waals surface area contributed by atoms with Crippen molar-refractivity contribution in [1.29, 1.82) is 0 Å². The van der Waals surface area contributed by atoms with Gasteiger partial charge in [-0.2, -0.15) is 0 Å². The molecule has 5 rings (SSSR count). The van der Waals surface area contributed by atoms with E-state index in [1.165, 1.54) is 5.69 Å². The van der Waals surface area contributed by atoms with E-state index in [9.17, 15) is 4.79 Å². The average molecular weight is 421 g/mol. The van der Waals surface area contributed by atoms with Gasteiger partial charge < -0.3 is 18.8 Å². The fraction of sp³-hybridized carbons (Fsp3) is 0.417. The molecule has 0 radical (unpaired) electrons. The van der Waals surface area contributed by atoms with Crippen molar-refractivity contribution in [3.63, 3.8) is 0 Å².